The van der Waals surface area contributed by atoms with Crippen LogP contribution in [0.15, 0.2) is 99.2 Å². The Kier molecular flexibility index (Phi) is 3.87. The maximum Gasteiger partial charge on any atom is 0.0872 e. The number of aromatic amines is 3. The van der Waals surface area contributed by atoms with Crippen molar-refractivity contribution in [1.29, 1.82) is 0 Å². The molecule has 4 aliphatic rings. The molecule has 0 radical (unpaired) electrons. The molecule has 33 heavy (non-hydrogen) atoms. The molecule has 7 rings (SSSR count). The third-order valence-electron chi connectivity index (χ3n) is 6.13. The average Bonchev–Trinajstić information content (AvgIpc) is 3.62. The van der Waals surface area contributed by atoms with Gasteiger partial charge in [0.15, 0.2) is 0 Å². The minimum absolute atomic E-state index is 0.119. The van der Waals surface area contributed by atoms with Gasteiger partial charge in [0.2, 0.25) is 0 Å². The van der Waals surface area contributed by atoms with Gasteiger partial charge in [-0.2, -0.15) is 0 Å². The molecule has 3 aromatic rings. The van der Waals surface area contributed by atoms with Gasteiger partial charge in [0.05, 0.1) is 51.7 Å². The zero-order valence-electron chi connectivity index (χ0n) is 17.7. The Morgan fingerprint density at radius 1 is 0.606 bits per heavy atom. The topological polar surface area (TPSA) is 84.4 Å². The maximum atomic E-state index is 4.91. The lowest BCUT2D eigenvalue weighted by Gasteiger charge is -2.03. The number of rotatable bonds is 0. The number of allylic oxidation sites excluding steroid dienone is 5. The highest BCUT2D eigenvalue weighted by molar-refractivity contribution is 6.12. The Balaban J connectivity index is 1.31. The molecule has 0 aromatic carbocycles. The van der Waals surface area contributed by atoms with Crippen molar-refractivity contribution in [3.63, 3.8) is 0 Å². The predicted octanol–water partition coefficient (Wildman–Crippen LogP) is 4.75. The highest BCUT2D eigenvalue weighted by Gasteiger charge is 2.17. The van der Waals surface area contributed by atoms with Crippen molar-refractivity contribution in [3.8, 4) is 0 Å². The van der Waals surface area contributed by atoms with Crippen LogP contribution in [-0.2, 0) is 6.42 Å². The van der Waals surface area contributed by atoms with Crippen LogP contribution < -0.4 is 0 Å². The molecular formula is C27H20N6. The van der Waals surface area contributed by atoms with Crippen LogP contribution in [0.2, 0.25) is 0 Å². The van der Waals surface area contributed by atoms with Crippen molar-refractivity contribution in [3.05, 3.63) is 118 Å². The second-order valence-corrected chi connectivity index (χ2v) is 8.50. The number of aliphatic imine (C=N–C) groups is 3. The summed E-state index contributed by atoms with van der Waals surface area (Å²) in [6.45, 7) is 0. The van der Waals surface area contributed by atoms with E-state index in [0.29, 0.717) is 0 Å². The third kappa shape index (κ3) is 3.32. The van der Waals surface area contributed by atoms with E-state index in [1.54, 1.807) is 0 Å². The molecular weight excluding hydrogens is 408 g/mol. The summed E-state index contributed by atoms with van der Waals surface area (Å²) >= 11 is 0. The summed E-state index contributed by atoms with van der Waals surface area (Å²) in [5.74, 6) is 0. The van der Waals surface area contributed by atoms with Gasteiger partial charge in [-0.15, -0.1) is 0 Å². The average molecular weight is 428 g/mol. The van der Waals surface area contributed by atoms with Crippen LogP contribution in [0.3, 0.4) is 0 Å². The van der Waals surface area contributed by atoms with E-state index in [-0.39, 0.29) is 6.04 Å². The van der Waals surface area contributed by atoms with Gasteiger partial charge in [0.25, 0.3) is 0 Å². The smallest absolute Gasteiger partial charge is 0.0872 e. The molecule has 12 bridgehead atoms. The lowest BCUT2D eigenvalue weighted by molar-refractivity contribution is 0.806. The summed E-state index contributed by atoms with van der Waals surface area (Å²) in [6, 6.07) is 12.6. The van der Waals surface area contributed by atoms with Gasteiger partial charge < -0.3 is 15.0 Å². The first-order valence-corrected chi connectivity index (χ1v) is 11.1. The fourth-order valence-electron chi connectivity index (χ4n) is 4.50. The zero-order valence-corrected chi connectivity index (χ0v) is 17.7. The SMILES string of the molecule is C1=CC2=NC1=Cc1ccc([nH]1)C1=NC(C=C1)Cc1ccc([nH]1)C1=NC(=Cc3ccc2[nH]3)C=C1. The Morgan fingerprint density at radius 2 is 1.21 bits per heavy atom. The quantitative estimate of drug-likeness (QED) is 0.462. The molecule has 0 aliphatic carbocycles. The van der Waals surface area contributed by atoms with E-state index in [9.17, 15) is 0 Å². The number of hydrogen-bond acceptors (Lipinski definition) is 3. The van der Waals surface area contributed by atoms with Gasteiger partial charge in [-0.25, -0.2) is 9.98 Å². The summed E-state index contributed by atoms with van der Waals surface area (Å²) in [6.07, 6.45) is 17.3. The summed E-state index contributed by atoms with van der Waals surface area (Å²) < 4.78 is 0. The van der Waals surface area contributed by atoms with Crippen molar-refractivity contribution in [2.45, 2.75) is 12.5 Å². The van der Waals surface area contributed by atoms with Crippen molar-refractivity contribution < 1.29 is 0 Å². The molecule has 0 spiro atoms. The number of nitrogens with one attached hydrogen (secondary N) is 3. The molecule has 7 heterocycles. The standard InChI is InChI=1S/C27H20N6/c1-7-22-23-8-3-18(30-23)14-19-5-11-26(32-19)27-12-6-21(33-27)15-20-4-10-25(31-20)24-9-2-17(29-24)13-16(1)28-22/h1-14,20,29-30,33H,15H2. The van der Waals surface area contributed by atoms with E-state index >= 15 is 0 Å². The summed E-state index contributed by atoms with van der Waals surface area (Å²) in [4.78, 5) is 24.9. The van der Waals surface area contributed by atoms with Gasteiger partial charge in [0, 0.05) is 23.5 Å². The van der Waals surface area contributed by atoms with Crippen molar-refractivity contribution in [2.24, 2.45) is 15.0 Å². The number of H-pyrrole nitrogens is 3. The molecule has 0 amide bonds. The summed E-state index contributed by atoms with van der Waals surface area (Å²) in [7, 11) is 0. The largest absolute Gasteiger partial charge is 0.357 e. The van der Waals surface area contributed by atoms with Crippen molar-refractivity contribution in [1.82, 2.24) is 15.0 Å². The third-order valence-corrected chi connectivity index (χ3v) is 6.13. The van der Waals surface area contributed by atoms with E-state index < -0.39 is 0 Å². The fourth-order valence-corrected chi connectivity index (χ4v) is 4.50. The number of aromatic nitrogens is 3. The van der Waals surface area contributed by atoms with Crippen LogP contribution in [0.4, 0.5) is 0 Å². The van der Waals surface area contributed by atoms with E-state index in [1.807, 2.05) is 24.3 Å². The van der Waals surface area contributed by atoms with E-state index in [2.05, 4.69) is 75.7 Å². The van der Waals surface area contributed by atoms with E-state index in [0.717, 1.165) is 69.1 Å². The first kappa shape index (κ1) is 18.2. The molecule has 6 heteroatoms. The van der Waals surface area contributed by atoms with Gasteiger partial charge in [-0.1, -0.05) is 6.08 Å². The molecule has 4 aliphatic heterocycles. The minimum Gasteiger partial charge on any atom is -0.357 e. The second kappa shape index (κ2) is 7.03. The van der Waals surface area contributed by atoms with Crippen LogP contribution in [0.25, 0.3) is 12.2 Å². The van der Waals surface area contributed by atoms with E-state index in [4.69, 9.17) is 15.0 Å². The molecule has 3 aromatic heterocycles. The highest BCUT2D eigenvalue weighted by Crippen LogP contribution is 2.22. The first-order chi connectivity index (χ1) is 16.2. The van der Waals surface area contributed by atoms with E-state index in [1.165, 1.54) is 0 Å². The lowest BCUT2D eigenvalue weighted by Crippen LogP contribution is -2.05. The lowest BCUT2D eigenvalue weighted by atomic mass is 10.2. The zero-order chi connectivity index (χ0) is 21.8. The van der Waals surface area contributed by atoms with Crippen molar-refractivity contribution >= 4 is 29.3 Å². The number of fused-ring (bicyclic) bond motifs is 12. The van der Waals surface area contributed by atoms with Gasteiger partial charge in [-0.3, -0.25) is 4.99 Å². The number of hydrogen-bond donors (Lipinski definition) is 3. The first-order valence-electron chi connectivity index (χ1n) is 11.1. The second-order valence-electron chi connectivity index (χ2n) is 8.50. The Labute approximate surface area is 190 Å². The van der Waals surface area contributed by atoms with Crippen LogP contribution in [0, 0.1) is 0 Å². The molecule has 0 fully saturated rings. The molecule has 0 saturated heterocycles. The predicted molar refractivity (Wildman–Crippen MR) is 133 cm³/mol. The van der Waals surface area contributed by atoms with Crippen LogP contribution in [0.5, 0.6) is 0 Å². The molecule has 6 nitrogen and oxygen atoms in total. The Morgan fingerprint density at radius 3 is 1.91 bits per heavy atom. The van der Waals surface area contributed by atoms with Gasteiger partial charge in [0.1, 0.15) is 0 Å². The Hall–Kier alpha value is -4.45. The van der Waals surface area contributed by atoms with Gasteiger partial charge >= 0.3 is 0 Å². The molecule has 3 N–H and O–H groups in total. The molecule has 1 atom stereocenters. The van der Waals surface area contributed by atoms with Crippen LogP contribution >= 0.6 is 0 Å². The molecule has 158 valence electrons. The monoisotopic (exact) mass is 428 g/mol. The van der Waals surface area contributed by atoms with Crippen molar-refractivity contribution in [2.75, 3.05) is 0 Å². The fraction of sp³-hybridized carbons (Fsp3) is 0.0741. The maximum absolute atomic E-state index is 4.91. The number of nitrogens with zero attached hydrogens (tertiary/aromatic N) is 3. The molecule has 0 saturated carbocycles. The summed E-state index contributed by atoms with van der Waals surface area (Å²) in [5.41, 5.74) is 10.8. The minimum atomic E-state index is 0.119. The highest BCUT2D eigenvalue weighted by atomic mass is 14.9. The van der Waals surface area contributed by atoms with Crippen LogP contribution in [0.1, 0.15) is 34.2 Å². The summed E-state index contributed by atoms with van der Waals surface area (Å²) in [5, 5.41) is 0. The van der Waals surface area contributed by atoms with Gasteiger partial charge in [-0.05, 0) is 78.9 Å². The normalized spacial score (nSPS) is 20.2. The van der Waals surface area contributed by atoms with Crippen LogP contribution in [-0.4, -0.2) is 38.1 Å². The molecule has 1 unspecified atom stereocenters. The Bertz CT molecular complexity index is 1540.